The van der Waals surface area contributed by atoms with Gasteiger partial charge in [0.15, 0.2) is 0 Å². The molecule has 0 spiro atoms. The first-order chi connectivity index (χ1) is 66.7. The minimum atomic E-state index is -9.40. The van der Waals surface area contributed by atoms with Crippen LogP contribution in [0.15, 0.2) is 170 Å². The normalized spacial score (nSPS) is 15.5. The van der Waals surface area contributed by atoms with Crippen LogP contribution in [0.1, 0.15) is 74.8 Å². The summed E-state index contributed by atoms with van der Waals surface area (Å²) in [7, 11) is 0. The molecule has 11 aromatic rings. The van der Waals surface area contributed by atoms with Gasteiger partial charge in [0.25, 0.3) is 23.6 Å². The molecule has 0 saturated carbocycles. The number of alkyl halides is 52. The van der Waals surface area contributed by atoms with E-state index < -0.39 is 371 Å². The van der Waals surface area contributed by atoms with Crippen LogP contribution in [-0.4, -0.2) is 143 Å². The minimum Gasteiger partial charge on any atom is -0.457 e. The Labute approximate surface area is 781 Å². The first kappa shape index (κ1) is 112. The van der Waals surface area contributed by atoms with E-state index in [9.17, 15) is 87.8 Å². The van der Waals surface area contributed by atoms with Gasteiger partial charge in [-0.05, 0) is 122 Å². The summed E-state index contributed by atoms with van der Waals surface area (Å²) in [5, 5.41) is -12.7. The Bertz CT molecular complexity index is 6360. The van der Waals surface area contributed by atoms with E-state index >= 15 is 160 Å². The van der Waals surface area contributed by atoms with Crippen molar-refractivity contribution < 1.29 is 266 Å². The third-order valence-electron chi connectivity index (χ3n) is 22.8. The van der Waals surface area contributed by atoms with E-state index in [2.05, 4.69) is 0 Å². The van der Waals surface area contributed by atoms with Gasteiger partial charge in [0.05, 0.1) is 55.9 Å². The molecule has 4 amide bonds. The summed E-state index contributed by atoms with van der Waals surface area (Å²) < 4.78 is 830. The predicted octanol–water partition coefficient (Wildman–Crippen LogP) is 31.9. The molecule has 0 aromatic heterocycles. The van der Waals surface area contributed by atoms with Crippen LogP contribution in [0.5, 0.6) is 46.0 Å². The number of ether oxygens (including phenoxy) is 4. The van der Waals surface area contributed by atoms with Gasteiger partial charge in [-0.15, -0.1) is 0 Å². The van der Waals surface area contributed by atoms with E-state index in [0.717, 1.165) is 72.8 Å². The number of fused-ring (bicyclic) bond motifs is 2. The number of benzene rings is 11. The van der Waals surface area contributed by atoms with Crippen molar-refractivity contribution in [3.63, 3.8) is 0 Å². The fraction of sp³-hybridized carbons (Fsp3) is 0.302. The van der Waals surface area contributed by atoms with E-state index in [1.54, 1.807) is 0 Å². The number of hydrogen-bond acceptors (Lipinski definition) is 8. The Kier molecular flexibility index (Phi) is 25.3. The number of para-hydroxylation sites is 4. The van der Waals surface area contributed by atoms with Crippen molar-refractivity contribution >= 4 is 78.1 Å². The molecule has 0 unspecified atom stereocenters. The van der Waals surface area contributed by atoms with Gasteiger partial charge < -0.3 is 18.9 Å². The molecule has 11 aromatic carbocycles. The zero-order chi connectivity index (χ0) is 112. The maximum Gasteiger partial charge on any atom is 0.460 e. The molecule has 0 bridgehead atoms. The maximum atomic E-state index is 17.7. The molecular formula is C86H34F52N2O8. The average Bonchev–Trinajstić information content (AvgIpc) is 0.665. The van der Waals surface area contributed by atoms with E-state index in [4.69, 9.17) is 18.9 Å². The zero-order valence-electron chi connectivity index (χ0n) is 70.0. The van der Waals surface area contributed by atoms with Gasteiger partial charge in [0.2, 0.25) is 0 Å². The Morgan fingerprint density at radius 2 is 0.331 bits per heavy atom. The van der Waals surface area contributed by atoms with E-state index in [-0.39, 0.29) is 24.3 Å². The third kappa shape index (κ3) is 15.0. The summed E-state index contributed by atoms with van der Waals surface area (Å²) in [5.74, 6) is -207. The summed E-state index contributed by atoms with van der Waals surface area (Å²) >= 11 is 0. The molecule has 2 aliphatic rings. The number of amides is 4. The lowest BCUT2D eigenvalue weighted by Gasteiger charge is -2.42. The zero-order valence-corrected chi connectivity index (χ0v) is 70.0. The van der Waals surface area contributed by atoms with E-state index in [0.29, 0.717) is 48.5 Å². The smallest absolute Gasteiger partial charge is 0.457 e. The molecule has 2 heterocycles. The molecule has 10 nitrogen and oxygen atoms in total. The van der Waals surface area contributed by atoms with Crippen molar-refractivity contribution in [2.24, 2.45) is 0 Å². The number of imide groups is 2. The van der Waals surface area contributed by atoms with Crippen LogP contribution in [0.2, 0.25) is 0 Å². The van der Waals surface area contributed by atoms with Crippen LogP contribution in [0.3, 0.4) is 0 Å². The number of rotatable bonds is 30. The summed E-state index contributed by atoms with van der Waals surface area (Å²) in [6.07, 6.45) is -33.7. The number of anilines is 2. The van der Waals surface area contributed by atoms with Crippen molar-refractivity contribution in [3.05, 3.63) is 225 Å². The number of carbonyl (C=O) groups excluding carboxylic acids is 4. The second kappa shape index (κ2) is 33.5. The van der Waals surface area contributed by atoms with E-state index in [1.807, 2.05) is 0 Å². The van der Waals surface area contributed by atoms with Crippen molar-refractivity contribution in [1.82, 2.24) is 0 Å². The molecular weight excluding hydrogens is 2180 g/mol. The molecule has 13 rings (SSSR count). The lowest BCUT2D eigenvalue weighted by atomic mass is 9.79. The van der Waals surface area contributed by atoms with Crippen LogP contribution in [0, 0.1) is 13.8 Å². The standard InChI is InChI=1S/C86H34F52N2O8/c1-31-23-41(63(87,88)67(95,96)71(103,104)75(111,112)79(119,120)83(127,128)129)57(42(24-31)64(89,90)68(97,98)72(105,106)76(113,114)80(121,122)84(130,131)132)139-59(141)37-27-45(145-33-15-7-3-8-16-33)51-53-47(147-35-19-11-5-12-20-35)29-39-50-40(30-48(148-36-21-13-6-14-22-36)54(56(50)53)52-46(146-34-17-9-4-10-18-34)28-38(60(139)142)49(37)55(51)52)62(144)140(61(39)143)58-43(65(91,92)69(99,100)73(107,108)77(115,116)81(123,124)85(133,134)135)25-32(2)26-44(58)66(93,94)70(101,102)74(109,110)78(117,118)82(125,126)86(136,137)138/h3-30H,1-2H3. The third-order valence-corrected chi connectivity index (χ3v) is 22.8. The van der Waals surface area contributed by atoms with Gasteiger partial charge in [0, 0.05) is 43.1 Å². The van der Waals surface area contributed by atoms with Crippen molar-refractivity contribution in [2.45, 2.75) is 157 Å². The molecule has 0 radical (unpaired) electrons. The Hall–Kier alpha value is -13.4. The average molecular weight is 2210 g/mol. The van der Waals surface area contributed by atoms with Gasteiger partial charge >= 0.3 is 143 Å². The van der Waals surface area contributed by atoms with Gasteiger partial charge in [0.1, 0.15) is 46.0 Å². The van der Waals surface area contributed by atoms with Gasteiger partial charge in [-0.1, -0.05) is 72.8 Å². The summed E-state index contributed by atoms with van der Waals surface area (Å²) in [6, 6.07) is 8.42. The Morgan fingerprint density at radius 1 is 0.182 bits per heavy atom. The van der Waals surface area contributed by atoms with Gasteiger partial charge in [-0.2, -0.15) is 228 Å². The number of carbonyl (C=O) groups is 4. The highest BCUT2D eigenvalue weighted by atomic mass is 19.5. The van der Waals surface area contributed by atoms with Crippen molar-refractivity contribution in [1.29, 1.82) is 0 Å². The van der Waals surface area contributed by atoms with E-state index in [1.165, 1.54) is 0 Å². The van der Waals surface area contributed by atoms with Crippen molar-refractivity contribution in [3.8, 4) is 46.0 Å². The molecule has 0 saturated heterocycles. The molecule has 2 aliphatic heterocycles. The highest BCUT2D eigenvalue weighted by molar-refractivity contribution is 6.48. The summed E-state index contributed by atoms with van der Waals surface area (Å²) in [4.78, 5) is 61.1. The molecule has 0 atom stereocenters. The fourth-order valence-corrected chi connectivity index (χ4v) is 15.4. The lowest BCUT2D eigenvalue weighted by Crippen LogP contribution is -2.69. The number of nitrogens with zero attached hydrogens (tertiary/aromatic N) is 2. The topological polar surface area (TPSA) is 112 Å². The van der Waals surface area contributed by atoms with Crippen LogP contribution < -0.4 is 28.7 Å². The van der Waals surface area contributed by atoms with Gasteiger partial charge in [-0.3, -0.25) is 19.2 Å². The van der Waals surface area contributed by atoms with Crippen molar-refractivity contribution in [2.75, 3.05) is 9.80 Å². The van der Waals surface area contributed by atoms with Crippen LogP contribution >= 0.6 is 0 Å². The van der Waals surface area contributed by atoms with Crippen LogP contribution in [0.4, 0.5) is 240 Å². The first-order valence-electron chi connectivity index (χ1n) is 38.9. The highest BCUT2D eigenvalue weighted by Gasteiger charge is 2.96. The molecule has 0 fully saturated rings. The number of aryl methyl sites for hydroxylation is 2. The molecule has 148 heavy (non-hydrogen) atoms. The fourth-order valence-electron chi connectivity index (χ4n) is 15.4. The predicted molar refractivity (Wildman–Crippen MR) is 397 cm³/mol. The Balaban J connectivity index is 1.25. The minimum absolute atomic E-state index is 0.293. The molecule has 0 aliphatic carbocycles. The molecule has 0 N–H and O–H groups in total. The monoisotopic (exact) mass is 2210 g/mol. The van der Waals surface area contributed by atoms with Gasteiger partial charge in [-0.25, -0.2) is 9.80 Å². The lowest BCUT2D eigenvalue weighted by molar-refractivity contribution is -0.442. The molecule has 62 heteroatoms. The number of halogens is 52. The van der Waals surface area contributed by atoms with Crippen LogP contribution in [0.25, 0.3) is 43.1 Å². The second-order valence-corrected chi connectivity index (χ2v) is 32.1. The largest absolute Gasteiger partial charge is 0.460 e. The quantitative estimate of drug-likeness (QED) is 0.0189. The maximum absolute atomic E-state index is 17.7. The first-order valence-corrected chi connectivity index (χ1v) is 38.9. The highest BCUT2D eigenvalue weighted by Crippen LogP contribution is 2.72. The summed E-state index contributed by atoms with van der Waals surface area (Å²) in [6.45, 7) is -0.921. The second-order valence-electron chi connectivity index (χ2n) is 32.1. The molecule has 800 valence electrons. The number of hydrogen-bond donors (Lipinski definition) is 0. The SMILES string of the molecule is Cc1cc(C(F)(F)C(F)(F)C(F)(F)C(F)(F)C(F)(F)C(F)(F)F)c(N2C(=O)c3cc(Oc4ccccc4)c4c5c(Oc6ccccc6)cc6c7c(cc(Oc8ccccc8)c(c8c(Oc9ccccc9)cc(c3c48)C2=O)c75)C(=O)N(c2c(C(F)(F)C(F)(F)C(F)(F)C(F)(F)C(F)(F)C(F)(F)F)cc(C)cc2C(F)(F)C(F)(F)C(F)(F)C(F)(F)C(F)(F)C(F)(F)F)C6=O)c(C(F)(F)C(F)(F)C(F)(F)C(F)(F)C(F)(F)C(F)(F)F)c1. The Morgan fingerprint density at radius 3 is 0.480 bits per heavy atom. The summed E-state index contributed by atoms with van der Waals surface area (Å²) in [5.41, 5.74) is -40.5. The van der Waals surface area contributed by atoms with Crippen LogP contribution in [-0.2, 0) is 23.7 Å².